The number of pyridine rings is 1. The van der Waals surface area contributed by atoms with Crippen molar-refractivity contribution in [1.29, 1.82) is 0 Å². The maximum atomic E-state index is 4.52. The smallest absolute Gasteiger partial charge is 0.0705 e. The highest BCUT2D eigenvalue weighted by Gasteiger charge is 2.04. The maximum absolute atomic E-state index is 4.52. The number of rotatable bonds is 2. The Balaban J connectivity index is 2.49. The van der Waals surface area contributed by atoms with Crippen molar-refractivity contribution in [2.24, 2.45) is 0 Å². The molecule has 1 heterocycles. The number of nitrogens with zero attached hydrogens (tertiary/aromatic N) is 1. The van der Waals surface area contributed by atoms with Gasteiger partial charge in [0.05, 0.1) is 5.69 Å². The van der Waals surface area contributed by atoms with Gasteiger partial charge in [-0.3, -0.25) is 4.98 Å². The molecule has 0 saturated carbocycles. The van der Waals surface area contributed by atoms with E-state index in [1.807, 2.05) is 6.20 Å². The van der Waals surface area contributed by atoms with Crippen LogP contribution in [0.3, 0.4) is 0 Å². The highest BCUT2D eigenvalue weighted by Crippen LogP contribution is 2.20. The average molecular weight is 243 g/mol. The van der Waals surface area contributed by atoms with Crippen molar-refractivity contribution in [1.82, 2.24) is 4.98 Å². The van der Waals surface area contributed by atoms with Gasteiger partial charge in [-0.15, -0.1) is 9.24 Å². The standard InChI is InChI=1S/C15H18NP/c1-4-12-7-14(16-9-11(12)3)13-6-5-10(2)15(17)8-13/h5-9H,4,17H2,1-3H3. The van der Waals surface area contributed by atoms with E-state index >= 15 is 0 Å². The largest absolute Gasteiger partial charge is 0.256 e. The predicted molar refractivity (Wildman–Crippen MR) is 77.9 cm³/mol. The fourth-order valence-electron chi connectivity index (χ4n) is 1.90. The van der Waals surface area contributed by atoms with Gasteiger partial charge in [-0.2, -0.15) is 0 Å². The zero-order valence-corrected chi connectivity index (χ0v) is 11.8. The van der Waals surface area contributed by atoms with Crippen molar-refractivity contribution in [3.63, 3.8) is 0 Å². The lowest BCUT2D eigenvalue weighted by Crippen LogP contribution is -1.98. The molecular formula is C15H18NP. The van der Waals surface area contributed by atoms with E-state index in [1.165, 1.54) is 27.6 Å². The number of hydrogen-bond acceptors (Lipinski definition) is 1. The minimum atomic E-state index is 1.06. The summed E-state index contributed by atoms with van der Waals surface area (Å²) in [5, 5.41) is 1.24. The molecule has 0 fully saturated rings. The number of benzene rings is 1. The SMILES string of the molecule is CCc1cc(-c2ccc(C)c(P)c2)ncc1C. The number of hydrogen-bond donors (Lipinski definition) is 0. The zero-order valence-electron chi connectivity index (χ0n) is 10.6. The summed E-state index contributed by atoms with van der Waals surface area (Å²) < 4.78 is 0. The normalized spacial score (nSPS) is 10.6. The van der Waals surface area contributed by atoms with Crippen LogP contribution in [-0.2, 0) is 6.42 Å². The van der Waals surface area contributed by atoms with Gasteiger partial charge in [0.2, 0.25) is 0 Å². The average Bonchev–Trinajstić information content (AvgIpc) is 2.33. The molecule has 1 nitrogen and oxygen atoms in total. The molecule has 0 amide bonds. The van der Waals surface area contributed by atoms with Crippen LogP contribution in [0.25, 0.3) is 11.3 Å². The van der Waals surface area contributed by atoms with Crippen LogP contribution in [-0.4, -0.2) is 4.98 Å². The van der Waals surface area contributed by atoms with Gasteiger partial charge in [0.25, 0.3) is 0 Å². The van der Waals surface area contributed by atoms with Gasteiger partial charge in [-0.25, -0.2) is 0 Å². The quantitative estimate of drug-likeness (QED) is 0.736. The summed E-state index contributed by atoms with van der Waals surface area (Å²) in [5.41, 5.74) is 6.20. The molecule has 1 aromatic carbocycles. The molecule has 0 saturated heterocycles. The van der Waals surface area contributed by atoms with Crippen molar-refractivity contribution in [2.75, 3.05) is 0 Å². The molecule has 2 rings (SSSR count). The fourth-order valence-corrected chi connectivity index (χ4v) is 2.18. The molecule has 0 radical (unpaired) electrons. The third-order valence-corrected chi connectivity index (χ3v) is 3.79. The number of aromatic nitrogens is 1. The van der Waals surface area contributed by atoms with Gasteiger partial charge in [0, 0.05) is 11.8 Å². The van der Waals surface area contributed by atoms with E-state index in [2.05, 4.69) is 59.3 Å². The molecule has 88 valence electrons. The molecule has 1 aromatic heterocycles. The highest BCUT2D eigenvalue weighted by atomic mass is 31.0. The molecule has 2 heteroatoms. The van der Waals surface area contributed by atoms with Crippen molar-refractivity contribution in [3.8, 4) is 11.3 Å². The third kappa shape index (κ3) is 2.56. The van der Waals surface area contributed by atoms with E-state index in [4.69, 9.17) is 0 Å². The monoisotopic (exact) mass is 243 g/mol. The Morgan fingerprint density at radius 3 is 2.53 bits per heavy atom. The first-order chi connectivity index (χ1) is 8.11. The summed E-state index contributed by atoms with van der Waals surface area (Å²) in [6, 6.07) is 8.66. The molecule has 0 spiro atoms. The molecule has 1 atom stereocenters. The summed E-state index contributed by atoms with van der Waals surface area (Å²) >= 11 is 0. The summed E-state index contributed by atoms with van der Waals surface area (Å²) in [6.07, 6.45) is 3.03. The van der Waals surface area contributed by atoms with Crippen LogP contribution in [0, 0.1) is 13.8 Å². The van der Waals surface area contributed by atoms with E-state index in [0.717, 1.165) is 12.1 Å². The fraction of sp³-hybridized carbons (Fsp3) is 0.267. The second-order valence-corrected chi connectivity index (χ2v) is 5.04. The van der Waals surface area contributed by atoms with E-state index < -0.39 is 0 Å². The van der Waals surface area contributed by atoms with Crippen LogP contribution in [0.4, 0.5) is 0 Å². The molecule has 0 aliphatic rings. The Labute approximate surface area is 105 Å². The Morgan fingerprint density at radius 2 is 1.88 bits per heavy atom. The first kappa shape index (κ1) is 12.3. The van der Waals surface area contributed by atoms with E-state index in [0.29, 0.717) is 0 Å². The minimum absolute atomic E-state index is 1.06. The summed E-state index contributed by atoms with van der Waals surface area (Å²) in [5.74, 6) is 0. The lowest BCUT2D eigenvalue weighted by molar-refractivity contribution is 1.08. The lowest BCUT2D eigenvalue weighted by Gasteiger charge is -2.08. The van der Waals surface area contributed by atoms with Crippen LogP contribution in [0.15, 0.2) is 30.5 Å². The minimum Gasteiger partial charge on any atom is -0.256 e. The number of aryl methyl sites for hydroxylation is 3. The van der Waals surface area contributed by atoms with Crippen molar-refractivity contribution >= 4 is 14.5 Å². The Bertz CT molecular complexity index is 547. The Hall–Kier alpha value is -1.20. The molecule has 2 aromatic rings. The molecule has 1 unspecified atom stereocenters. The van der Waals surface area contributed by atoms with Gasteiger partial charge < -0.3 is 0 Å². The summed E-state index contributed by atoms with van der Waals surface area (Å²) in [4.78, 5) is 4.52. The van der Waals surface area contributed by atoms with Crippen LogP contribution in [0.2, 0.25) is 0 Å². The van der Waals surface area contributed by atoms with Gasteiger partial charge in [-0.05, 0) is 54.4 Å². The Morgan fingerprint density at radius 1 is 1.12 bits per heavy atom. The molecular weight excluding hydrogens is 225 g/mol. The van der Waals surface area contributed by atoms with Gasteiger partial charge in [0.1, 0.15) is 0 Å². The van der Waals surface area contributed by atoms with Crippen molar-refractivity contribution in [2.45, 2.75) is 27.2 Å². The summed E-state index contributed by atoms with van der Waals surface area (Å²) in [6.45, 7) is 6.42. The zero-order chi connectivity index (χ0) is 12.4. The van der Waals surface area contributed by atoms with Gasteiger partial charge in [-0.1, -0.05) is 19.1 Å². The Kier molecular flexibility index (Phi) is 3.59. The lowest BCUT2D eigenvalue weighted by atomic mass is 10.0. The molecule has 0 aliphatic heterocycles. The van der Waals surface area contributed by atoms with Crippen molar-refractivity contribution in [3.05, 3.63) is 47.2 Å². The van der Waals surface area contributed by atoms with Crippen LogP contribution in [0.5, 0.6) is 0 Å². The van der Waals surface area contributed by atoms with Gasteiger partial charge in [0.15, 0.2) is 0 Å². The molecule has 17 heavy (non-hydrogen) atoms. The van der Waals surface area contributed by atoms with Crippen LogP contribution >= 0.6 is 9.24 Å². The second-order valence-electron chi connectivity index (χ2n) is 4.42. The molecule has 0 bridgehead atoms. The summed E-state index contributed by atoms with van der Waals surface area (Å²) in [7, 11) is 2.78. The second kappa shape index (κ2) is 4.98. The third-order valence-electron chi connectivity index (χ3n) is 3.17. The predicted octanol–water partition coefficient (Wildman–Crippen LogP) is 3.43. The molecule has 0 aliphatic carbocycles. The first-order valence-electron chi connectivity index (χ1n) is 5.94. The van der Waals surface area contributed by atoms with Gasteiger partial charge >= 0.3 is 0 Å². The van der Waals surface area contributed by atoms with E-state index in [9.17, 15) is 0 Å². The van der Waals surface area contributed by atoms with E-state index in [1.54, 1.807) is 0 Å². The van der Waals surface area contributed by atoms with Crippen LogP contribution < -0.4 is 5.30 Å². The first-order valence-corrected chi connectivity index (χ1v) is 6.51. The highest BCUT2D eigenvalue weighted by molar-refractivity contribution is 7.27. The maximum Gasteiger partial charge on any atom is 0.0705 e. The van der Waals surface area contributed by atoms with E-state index in [-0.39, 0.29) is 0 Å². The molecule has 0 N–H and O–H groups in total. The topological polar surface area (TPSA) is 12.9 Å². The van der Waals surface area contributed by atoms with Crippen molar-refractivity contribution < 1.29 is 0 Å². The van der Waals surface area contributed by atoms with Crippen LogP contribution in [0.1, 0.15) is 23.6 Å².